The van der Waals surface area contributed by atoms with Crippen LogP contribution in [0, 0.1) is 5.92 Å². The van der Waals surface area contributed by atoms with Crippen LogP contribution in [0.3, 0.4) is 0 Å². The van der Waals surface area contributed by atoms with E-state index in [4.69, 9.17) is 0 Å². The Kier molecular flexibility index (Phi) is 7.82. The first-order chi connectivity index (χ1) is 16.8. The van der Waals surface area contributed by atoms with Crippen LogP contribution in [0.25, 0.3) is 11.1 Å². The molecule has 3 N–H and O–H groups in total. The molecule has 0 aromatic heterocycles. The Morgan fingerprint density at radius 2 is 1.86 bits per heavy atom. The smallest absolute Gasteiger partial charge is 0.256 e. The van der Waals surface area contributed by atoms with Crippen molar-refractivity contribution in [3.63, 3.8) is 0 Å². The first-order valence-corrected chi connectivity index (χ1v) is 13.4. The molecular weight excluding hydrogens is 460 g/mol. The minimum atomic E-state index is -0.614. The molecule has 8 heteroatoms. The van der Waals surface area contributed by atoms with Gasteiger partial charge in [0.1, 0.15) is 6.04 Å². The number of hydrogen-bond acceptors (Lipinski definition) is 5. The molecule has 35 heavy (non-hydrogen) atoms. The second kappa shape index (κ2) is 10.8. The molecule has 4 rings (SSSR count). The molecule has 2 aromatic carbocycles. The average molecular weight is 495 g/mol. The van der Waals surface area contributed by atoms with E-state index in [1.807, 2.05) is 36.6 Å². The number of nitrogens with zero attached hydrogens (tertiary/aromatic N) is 1. The van der Waals surface area contributed by atoms with Crippen molar-refractivity contribution in [2.24, 2.45) is 5.92 Å². The van der Waals surface area contributed by atoms with E-state index in [9.17, 15) is 14.4 Å². The lowest BCUT2D eigenvalue weighted by atomic mass is 9.95. The molecule has 1 saturated heterocycles. The van der Waals surface area contributed by atoms with Crippen molar-refractivity contribution < 1.29 is 14.4 Å². The normalized spacial score (nSPS) is 20.5. The van der Waals surface area contributed by atoms with Crippen LogP contribution in [0.15, 0.2) is 47.4 Å². The Morgan fingerprint density at radius 1 is 1.14 bits per heavy atom. The van der Waals surface area contributed by atoms with Crippen LogP contribution in [-0.2, 0) is 9.59 Å². The molecule has 0 spiro atoms. The molecule has 3 amide bonds. The molecule has 0 bridgehead atoms. The zero-order chi connectivity index (χ0) is 25.1. The number of nitrogens with one attached hydrogen (secondary N) is 3. The molecule has 2 heterocycles. The van der Waals surface area contributed by atoms with Crippen LogP contribution in [0.4, 0.5) is 5.69 Å². The van der Waals surface area contributed by atoms with Crippen molar-refractivity contribution >= 4 is 35.2 Å². The number of likely N-dealkylation sites (N-methyl/N-ethyl adjacent to an activating group) is 1. The van der Waals surface area contributed by atoms with Gasteiger partial charge in [-0.25, -0.2) is 0 Å². The highest BCUT2D eigenvalue weighted by molar-refractivity contribution is 7.98. The summed E-state index contributed by atoms with van der Waals surface area (Å²) in [4.78, 5) is 42.3. The van der Waals surface area contributed by atoms with E-state index in [-0.39, 0.29) is 29.8 Å². The van der Waals surface area contributed by atoms with Crippen LogP contribution in [-0.4, -0.2) is 60.6 Å². The standard InChI is InChI=1S/C27H34N4O3S/c1-16(2)13-23(28-3)25(32)29-19-11-12-31-24(15-19)26(33)30-22-10-7-18(14-21(22)27(31)34)17-5-8-20(35-4)9-6-17/h5-10,14,16,19,23-24,28H,11-13,15H2,1-4H3,(H,29,32)(H,30,33)/t19-,23-,24-/m0/s1. The molecule has 2 aliphatic rings. The maximum absolute atomic E-state index is 13.5. The SMILES string of the molecule is CN[C@@H](CC(C)C)C(=O)N[C@H]1CCN2C(=O)c3cc(-c4ccc(SC)cc4)ccc3NC(=O)[C@@H]2C1. The van der Waals surface area contributed by atoms with Crippen molar-refractivity contribution in [2.75, 3.05) is 25.2 Å². The zero-order valence-electron chi connectivity index (χ0n) is 20.8. The zero-order valence-corrected chi connectivity index (χ0v) is 21.6. The number of carbonyl (C=O) groups excluding carboxylic acids is 3. The van der Waals surface area contributed by atoms with Crippen LogP contribution in [0.2, 0.25) is 0 Å². The van der Waals surface area contributed by atoms with Crippen LogP contribution < -0.4 is 16.0 Å². The number of anilines is 1. The Labute approximate surface area is 211 Å². The van der Waals surface area contributed by atoms with E-state index in [0.717, 1.165) is 17.5 Å². The second-order valence-electron chi connectivity index (χ2n) is 9.69. The average Bonchev–Trinajstić information content (AvgIpc) is 2.96. The van der Waals surface area contributed by atoms with Gasteiger partial charge in [0.2, 0.25) is 11.8 Å². The lowest BCUT2D eigenvalue weighted by molar-refractivity contribution is -0.126. The topological polar surface area (TPSA) is 90.5 Å². The van der Waals surface area contributed by atoms with E-state index in [1.54, 1.807) is 23.7 Å². The molecule has 2 aliphatic heterocycles. The summed E-state index contributed by atoms with van der Waals surface area (Å²) in [5.74, 6) is -0.0262. The monoisotopic (exact) mass is 494 g/mol. The third kappa shape index (κ3) is 5.54. The predicted molar refractivity (Wildman–Crippen MR) is 141 cm³/mol. The lowest BCUT2D eigenvalue weighted by Crippen LogP contribution is -2.56. The number of benzene rings is 2. The van der Waals surface area contributed by atoms with Gasteiger partial charge in [-0.2, -0.15) is 0 Å². The number of piperidine rings is 1. The van der Waals surface area contributed by atoms with Gasteiger partial charge in [0.15, 0.2) is 0 Å². The fourth-order valence-electron chi connectivity index (χ4n) is 4.88. The molecule has 0 aliphatic carbocycles. The maximum atomic E-state index is 13.5. The Balaban J connectivity index is 1.51. The summed E-state index contributed by atoms with van der Waals surface area (Å²) < 4.78 is 0. The fourth-order valence-corrected chi connectivity index (χ4v) is 5.29. The van der Waals surface area contributed by atoms with Gasteiger partial charge in [-0.05, 0) is 73.9 Å². The lowest BCUT2D eigenvalue weighted by Gasteiger charge is -2.37. The second-order valence-corrected chi connectivity index (χ2v) is 10.6. The van der Waals surface area contributed by atoms with Crippen molar-refractivity contribution in [2.45, 2.75) is 56.1 Å². The minimum Gasteiger partial charge on any atom is -0.352 e. The summed E-state index contributed by atoms with van der Waals surface area (Å²) >= 11 is 1.68. The van der Waals surface area contributed by atoms with Gasteiger partial charge in [-0.15, -0.1) is 11.8 Å². The minimum absolute atomic E-state index is 0.0552. The summed E-state index contributed by atoms with van der Waals surface area (Å²) in [5, 5.41) is 9.14. The van der Waals surface area contributed by atoms with Crippen molar-refractivity contribution in [1.82, 2.24) is 15.5 Å². The quantitative estimate of drug-likeness (QED) is 0.510. The molecule has 2 aromatic rings. The van der Waals surface area contributed by atoms with Gasteiger partial charge >= 0.3 is 0 Å². The predicted octanol–water partition coefficient (Wildman–Crippen LogP) is 3.75. The first kappa shape index (κ1) is 25.3. The molecule has 186 valence electrons. The van der Waals surface area contributed by atoms with Gasteiger partial charge in [-0.3, -0.25) is 14.4 Å². The number of hydrogen-bond donors (Lipinski definition) is 3. The number of rotatable bonds is 7. The Morgan fingerprint density at radius 3 is 2.51 bits per heavy atom. The van der Waals surface area contributed by atoms with Gasteiger partial charge in [0.25, 0.3) is 5.91 Å². The van der Waals surface area contributed by atoms with E-state index in [0.29, 0.717) is 36.6 Å². The maximum Gasteiger partial charge on any atom is 0.256 e. The largest absolute Gasteiger partial charge is 0.352 e. The summed E-state index contributed by atoms with van der Waals surface area (Å²) in [5.41, 5.74) is 2.99. The van der Waals surface area contributed by atoms with Crippen LogP contribution >= 0.6 is 11.8 Å². The van der Waals surface area contributed by atoms with Gasteiger partial charge in [0.05, 0.1) is 17.3 Å². The highest BCUT2D eigenvalue weighted by Gasteiger charge is 2.40. The molecular formula is C27H34N4O3S. The highest BCUT2D eigenvalue weighted by atomic mass is 32.2. The first-order valence-electron chi connectivity index (χ1n) is 12.2. The van der Waals surface area contributed by atoms with Crippen molar-refractivity contribution in [3.8, 4) is 11.1 Å². The Bertz CT molecular complexity index is 1100. The number of amides is 3. The summed E-state index contributed by atoms with van der Waals surface area (Å²) in [6.07, 6.45) is 3.79. The third-order valence-corrected chi connectivity index (χ3v) is 7.56. The van der Waals surface area contributed by atoms with Crippen LogP contribution in [0.1, 0.15) is 43.5 Å². The van der Waals surface area contributed by atoms with E-state index in [2.05, 4.69) is 41.9 Å². The molecule has 1 fully saturated rings. The summed E-state index contributed by atoms with van der Waals surface area (Å²) in [6.45, 7) is 4.59. The van der Waals surface area contributed by atoms with E-state index >= 15 is 0 Å². The number of thioether (sulfide) groups is 1. The van der Waals surface area contributed by atoms with E-state index in [1.165, 1.54) is 4.90 Å². The summed E-state index contributed by atoms with van der Waals surface area (Å²) in [6, 6.07) is 12.8. The molecule has 3 atom stereocenters. The number of fused-ring (bicyclic) bond motifs is 2. The van der Waals surface area contributed by atoms with Crippen molar-refractivity contribution in [1.29, 1.82) is 0 Å². The molecule has 0 radical (unpaired) electrons. The van der Waals surface area contributed by atoms with Gasteiger partial charge in [0, 0.05) is 17.5 Å². The van der Waals surface area contributed by atoms with E-state index < -0.39 is 6.04 Å². The van der Waals surface area contributed by atoms with Gasteiger partial charge in [-0.1, -0.05) is 32.0 Å². The number of carbonyl (C=O) groups is 3. The van der Waals surface area contributed by atoms with Crippen LogP contribution in [0.5, 0.6) is 0 Å². The van der Waals surface area contributed by atoms with Gasteiger partial charge < -0.3 is 20.9 Å². The third-order valence-electron chi connectivity index (χ3n) is 6.82. The molecule has 7 nitrogen and oxygen atoms in total. The van der Waals surface area contributed by atoms with Crippen molar-refractivity contribution in [3.05, 3.63) is 48.0 Å². The molecule has 0 saturated carbocycles. The Hall–Kier alpha value is -2.84. The molecule has 0 unspecified atom stereocenters. The highest BCUT2D eigenvalue weighted by Crippen LogP contribution is 2.32. The fraction of sp³-hybridized carbons (Fsp3) is 0.444. The summed E-state index contributed by atoms with van der Waals surface area (Å²) in [7, 11) is 1.79.